The van der Waals surface area contributed by atoms with Crippen molar-refractivity contribution in [3.8, 4) is 11.6 Å². The molecule has 0 aliphatic carbocycles. The van der Waals surface area contributed by atoms with Gasteiger partial charge in [0.05, 0.1) is 18.3 Å². The van der Waals surface area contributed by atoms with Crippen LogP contribution < -0.4 is 10.1 Å². The Balaban J connectivity index is 1.93. The van der Waals surface area contributed by atoms with Gasteiger partial charge in [0.15, 0.2) is 0 Å². The highest BCUT2D eigenvalue weighted by Gasteiger charge is 2.22. The molecule has 2 rings (SSSR count). The number of hydrogen-bond donors (Lipinski definition) is 1. The third kappa shape index (κ3) is 6.68. The Morgan fingerprint density at radius 2 is 1.86 bits per heavy atom. The second-order valence-corrected chi connectivity index (χ2v) is 7.94. The van der Waals surface area contributed by atoms with Gasteiger partial charge in [-0.15, -0.1) is 0 Å². The lowest BCUT2D eigenvalue weighted by molar-refractivity contribution is -0.156. The number of benzene rings is 1. The van der Waals surface area contributed by atoms with E-state index in [9.17, 15) is 9.59 Å². The number of anilines is 1. The predicted molar refractivity (Wildman–Crippen MR) is 108 cm³/mol. The van der Waals surface area contributed by atoms with E-state index in [-0.39, 0.29) is 12.3 Å². The van der Waals surface area contributed by atoms with Gasteiger partial charge in [0.25, 0.3) is 0 Å². The summed E-state index contributed by atoms with van der Waals surface area (Å²) in [6.45, 7) is 11.0. The minimum atomic E-state index is -0.567. The number of nitrogens with zero attached hydrogens (tertiary/aromatic N) is 1. The fourth-order valence-corrected chi connectivity index (χ4v) is 2.44. The summed E-state index contributed by atoms with van der Waals surface area (Å²) in [6, 6.07) is 9.37. The Labute approximate surface area is 166 Å². The van der Waals surface area contributed by atoms with Gasteiger partial charge in [-0.3, -0.25) is 9.59 Å². The van der Waals surface area contributed by atoms with E-state index in [4.69, 9.17) is 9.47 Å². The van der Waals surface area contributed by atoms with Crippen LogP contribution in [0.4, 0.5) is 5.69 Å². The lowest BCUT2D eigenvalue weighted by Gasteiger charge is -2.20. The molecule has 0 aliphatic heterocycles. The summed E-state index contributed by atoms with van der Waals surface area (Å²) in [4.78, 5) is 28.4. The number of ether oxygens (including phenoxy) is 2. The van der Waals surface area contributed by atoms with E-state index in [1.165, 1.54) is 6.20 Å². The number of nitrogens with one attached hydrogen (secondary N) is 1. The molecular weight excluding hydrogens is 356 g/mol. The maximum Gasteiger partial charge on any atom is 0.307 e. The number of carbonyl (C=O) groups excluding carboxylic acids is 2. The molecule has 28 heavy (non-hydrogen) atoms. The van der Waals surface area contributed by atoms with E-state index >= 15 is 0 Å². The number of carbonyl (C=O) groups is 2. The number of aryl methyl sites for hydroxylation is 2. The highest BCUT2D eigenvalue weighted by Crippen LogP contribution is 2.25. The largest absolute Gasteiger partial charge is 0.460 e. The molecule has 0 spiro atoms. The Hall–Kier alpha value is -2.89. The second kappa shape index (κ2) is 8.87. The monoisotopic (exact) mass is 384 g/mol. The highest BCUT2D eigenvalue weighted by molar-refractivity contribution is 5.94. The maximum atomic E-state index is 12.3. The van der Waals surface area contributed by atoms with Gasteiger partial charge in [-0.05, 0) is 57.9 Å². The number of pyridine rings is 1. The van der Waals surface area contributed by atoms with Gasteiger partial charge < -0.3 is 14.8 Å². The molecule has 0 bridgehead atoms. The molecule has 0 unspecified atom stereocenters. The summed E-state index contributed by atoms with van der Waals surface area (Å²) in [7, 11) is 0. The molecule has 0 saturated carbocycles. The van der Waals surface area contributed by atoms with Crippen molar-refractivity contribution in [3.63, 3.8) is 0 Å². The lowest BCUT2D eigenvalue weighted by atomic mass is 10.1. The standard InChI is InChI=1S/C22H28N2O4/c1-14-7-8-15(2)18(11-14)27-19-10-9-17(13-23-19)24-21(26)16(3)12-20(25)28-22(4,5)6/h7-11,13,16H,12H2,1-6H3,(H,24,26)/t16-/m0/s1. The third-order valence-electron chi connectivity index (χ3n) is 3.90. The lowest BCUT2D eigenvalue weighted by Crippen LogP contribution is -2.28. The average Bonchev–Trinajstić information content (AvgIpc) is 2.58. The maximum absolute atomic E-state index is 12.3. The van der Waals surface area contributed by atoms with Crippen LogP contribution in [0, 0.1) is 19.8 Å². The quantitative estimate of drug-likeness (QED) is 0.724. The molecule has 1 N–H and O–H groups in total. The van der Waals surface area contributed by atoms with E-state index in [1.807, 2.05) is 32.0 Å². The van der Waals surface area contributed by atoms with E-state index in [0.29, 0.717) is 11.6 Å². The van der Waals surface area contributed by atoms with Crippen molar-refractivity contribution in [1.82, 2.24) is 4.98 Å². The number of aromatic nitrogens is 1. The van der Waals surface area contributed by atoms with Crippen molar-refractivity contribution < 1.29 is 19.1 Å². The third-order valence-corrected chi connectivity index (χ3v) is 3.90. The molecule has 0 saturated heterocycles. The summed E-state index contributed by atoms with van der Waals surface area (Å²) in [5, 5.41) is 2.76. The normalized spacial score (nSPS) is 12.2. The van der Waals surface area contributed by atoms with Crippen molar-refractivity contribution in [2.45, 2.75) is 53.6 Å². The van der Waals surface area contributed by atoms with Crippen LogP contribution in [-0.4, -0.2) is 22.5 Å². The van der Waals surface area contributed by atoms with Crippen LogP contribution in [0.1, 0.15) is 45.2 Å². The Morgan fingerprint density at radius 1 is 1.14 bits per heavy atom. The number of esters is 1. The van der Waals surface area contributed by atoms with Crippen LogP contribution in [-0.2, 0) is 14.3 Å². The molecule has 1 heterocycles. The zero-order valence-corrected chi connectivity index (χ0v) is 17.3. The van der Waals surface area contributed by atoms with E-state index in [1.54, 1.807) is 39.8 Å². The highest BCUT2D eigenvalue weighted by atomic mass is 16.6. The molecule has 1 atom stereocenters. The molecule has 1 aromatic carbocycles. The molecule has 150 valence electrons. The minimum Gasteiger partial charge on any atom is -0.460 e. The number of amides is 1. The van der Waals surface area contributed by atoms with Crippen LogP contribution in [0.5, 0.6) is 11.6 Å². The van der Waals surface area contributed by atoms with Crippen LogP contribution in [0.15, 0.2) is 36.5 Å². The molecule has 1 aromatic heterocycles. The SMILES string of the molecule is Cc1ccc(C)c(Oc2ccc(NC(=O)[C@@H](C)CC(=O)OC(C)(C)C)cn2)c1. The molecule has 2 aromatic rings. The van der Waals surface area contributed by atoms with Crippen LogP contribution >= 0.6 is 0 Å². The zero-order valence-electron chi connectivity index (χ0n) is 17.3. The summed E-state index contributed by atoms with van der Waals surface area (Å²) in [6.07, 6.45) is 1.54. The first-order valence-electron chi connectivity index (χ1n) is 9.27. The minimum absolute atomic E-state index is 0.0182. The smallest absolute Gasteiger partial charge is 0.307 e. The van der Waals surface area contributed by atoms with Crippen LogP contribution in [0.3, 0.4) is 0 Å². The van der Waals surface area contributed by atoms with Crippen molar-refractivity contribution in [3.05, 3.63) is 47.7 Å². The van der Waals surface area contributed by atoms with E-state index < -0.39 is 17.5 Å². The first-order valence-corrected chi connectivity index (χ1v) is 9.27. The second-order valence-electron chi connectivity index (χ2n) is 7.94. The van der Waals surface area contributed by atoms with Gasteiger partial charge >= 0.3 is 5.97 Å². The predicted octanol–water partition coefficient (Wildman–Crippen LogP) is 4.80. The average molecular weight is 384 g/mol. The van der Waals surface area contributed by atoms with Crippen molar-refractivity contribution in [1.29, 1.82) is 0 Å². The van der Waals surface area contributed by atoms with Gasteiger partial charge in [-0.25, -0.2) is 4.98 Å². The van der Waals surface area contributed by atoms with E-state index in [0.717, 1.165) is 16.9 Å². The first kappa shape index (κ1) is 21.4. The molecule has 6 nitrogen and oxygen atoms in total. The van der Waals surface area contributed by atoms with Crippen LogP contribution in [0.2, 0.25) is 0 Å². The molecule has 0 aliphatic rings. The van der Waals surface area contributed by atoms with Gasteiger partial charge in [0.1, 0.15) is 11.4 Å². The topological polar surface area (TPSA) is 77.5 Å². The summed E-state index contributed by atoms with van der Waals surface area (Å²) >= 11 is 0. The summed E-state index contributed by atoms with van der Waals surface area (Å²) < 4.78 is 11.1. The molecular formula is C22H28N2O4. The van der Waals surface area contributed by atoms with Crippen molar-refractivity contribution in [2.75, 3.05) is 5.32 Å². The first-order chi connectivity index (χ1) is 13.0. The van der Waals surface area contributed by atoms with Crippen LogP contribution in [0.25, 0.3) is 0 Å². The zero-order chi connectivity index (χ0) is 20.9. The van der Waals surface area contributed by atoms with Crippen molar-refractivity contribution >= 4 is 17.6 Å². The molecule has 0 radical (unpaired) electrons. The number of hydrogen-bond acceptors (Lipinski definition) is 5. The number of rotatable bonds is 6. The van der Waals surface area contributed by atoms with Crippen molar-refractivity contribution in [2.24, 2.45) is 5.92 Å². The summed E-state index contributed by atoms with van der Waals surface area (Å²) in [5.41, 5.74) is 2.08. The van der Waals surface area contributed by atoms with Gasteiger partial charge in [-0.1, -0.05) is 19.1 Å². The fourth-order valence-electron chi connectivity index (χ4n) is 2.44. The molecule has 6 heteroatoms. The fraction of sp³-hybridized carbons (Fsp3) is 0.409. The molecule has 1 amide bonds. The Kier molecular flexibility index (Phi) is 6.78. The van der Waals surface area contributed by atoms with Gasteiger partial charge in [0.2, 0.25) is 11.8 Å². The van der Waals surface area contributed by atoms with Gasteiger partial charge in [0, 0.05) is 12.0 Å². The summed E-state index contributed by atoms with van der Waals surface area (Å²) in [5.74, 6) is 0.00546. The molecule has 0 fully saturated rings. The van der Waals surface area contributed by atoms with E-state index in [2.05, 4.69) is 10.3 Å². The Bertz CT molecular complexity index is 839. The van der Waals surface area contributed by atoms with Gasteiger partial charge in [-0.2, -0.15) is 0 Å². The Morgan fingerprint density at radius 3 is 2.46 bits per heavy atom.